The summed E-state index contributed by atoms with van der Waals surface area (Å²) in [4.78, 5) is 31.9. The van der Waals surface area contributed by atoms with Gasteiger partial charge in [-0.3, -0.25) is 4.79 Å². The monoisotopic (exact) mass is 390 g/mol. The second-order valence-corrected chi connectivity index (χ2v) is 6.48. The fourth-order valence-electron chi connectivity index (χ4n) is 2.63. The van der Waals surface area contributed by atoms with Crippen molar-refractivity contribution < 1.29 is 19.4 Å². The van der Waals surface area contributed by atoms with Crippen molar-refractivity contribution >= 4 is 23.5 Å². The fraction of sp³-hybridized carbons (Fsp3) is 0.400. The SMILES string of the molecule is CCCCc1nc(Cl)c(CC(=O)OCC)c(Cc2ccc(C(=O)O)cc2)n1. The Bertz CT molecular complexity index is 806. The van der Waals surface area contributed by atoms with Gasteiger partial charge in [-0.2, -0.15) is 0 Å². The van der Waals surface area contributed by atoms with Gasteiger partial charge in [0.25, 0.3) is 0 Å². The first-order valence-electron chi connectivity index (χ1n) is 8.96. The zero-order chi connectivity index (χ0) is 19.8. The maximum absolute atomic E-state index is 11.9. The summed E-state index contributed by atoms with van der Waals surface area (Å²) in [5, 5.41) is 9.29. The van der Waals surface area contributed by atoms with Gasteiger partial charge in [-0.1, -0.05) is 37.1 Å². The van der Waals surface area contributed by atoms with Crippen molar-refractivity contribution in [3.05, 3.63) is 57.6 Å². The summed E-state index contributed by atoms with van der Waals surface area (Å²) < 4.78 is 5.02. The van der Waals surface area contributed by atoms with Crippen LogP contribution < -0.4 is 0 Å². The molecule has 0 amide bonds. The van der Waals surface area contributed by atoms with E-state index >= 15 is 0 Å². The molecule has 1 N–H and O–H groups in total. The van der Waals surface area contributed by atoms with E-state index < -0.39 is 5.97 Å². The van der Waals surface area contributed by atoms with Gasteiger partial charge in [-0.15, -0.1) is 0 Å². The van der Waals surface area contributed by atoms with Crippen LogP contribution in [0.5, 0.6) is 0 Å². The average Bonchev–Trinajstić information content (AvgIpc) is 2.63. The first kappa shape index (κ1) is 20.8. The number of carboxylic acid groups (broad SMARTS) is 1. The van der Waals surface area contributed by atoms with E-state index in [9.17, 15) is 9.59 Å². The van der Waals surface area contributed by atoms with E-state index in [2.05, 4.69) is 16.9 Å². The first-order chi connectivity index (χ1) is 12.9. The summed E-state index contributed by atoms with van der Waals surface area (Å²) in [7, 11) is 0. The zero-order valence-corrected chi connectivity index (χ0v) is 16.3. The molecule has 0 atom stereocenters. The van der Waals surface area contributed by atoms with Crippen LogP contribution in [0, 0.1) is 0 Å². The molecule has 1 aromatic carbocycles. The number of hydrogen-bond acceptors (Lipinski definition) is 5. The van der Waals surface area contributed by atoms with E-state index in [1.165, 1.54) is 0 Å². The number of esters is 1. The number of aromatic carboxylic acids is 1. The van der Waals surface area contributed by atoms with Crippen LogP contribution in [-0.4, -0.2) is 33.6 Å². The van der Waals surface area contributed by atoms with Gasteiger partial charge in [-0.25, -0.2) is 14.8 Å². The van der Waals surface area contributed by atoms with E-state index in [-0.39, 0.29) is 29.7 Å². The van der Waals surface area contributed by atoms with Crippen LogP contribution in [-0.2, 0) is 28.8 Å². The normalized spacial score (nSPS) is 10.6. The Morgan fingerprint density at radius 1 is 1.15 bits per heavy atom. The number of carbonyl (C=O) groups is 2. The van der Waals surface area contributed by atoms with Crippen LogP contribution >= 0.6 is 11.6 Å². The van der Waals surface area contributed by atoms with E-state index in [0.717, 1.165) is 18.4 Å². The fourth-order valence-corrected chi connectivity index (χ4v) is 2.90. The molecule has 0 bridgehead atoms. The molecule has 1 aromatic heterocycles. The molecule has 0 spiro atoms. The molecule has 2 aromatic rings. The third-order valence-electron chi connectivity index (χ3n) is 4.04. The van der Waals surface area contributed by atoms with Crippen LogP contribution in [0.4, 0.5) is 0 Å². The van der Waals surface area contributed by atoms with Gasteiger partial charge in [0.2, 0.25) is 0 Å². The Balaban J connectivity index is 2.34. The number of rotatable bonds is 9. The minimum absolute atomic E-state index is 0.00325. The lowest BCUT2D eigenvalue weighted by Crippen LogP contribution is -2.13. The number of ether oxygens (including phenoxy) is 1. The molecule has 0 aliphatic rings. The maximum atomic E-state index is 11.9. The smallest absolute Gasteiger partial charge is 0.335 e. The molecule has 1 heterocycles. The van der Waals surface area contributed by atoms with Crippen LogP contribution in [0.15, 0.2) is 24.3 Å². The van der Waals surface area contributed by atoms with Gasteiger partial charge in [0.15, 0.2) is 0 Å². The van der Waals surface area contributed by atoms with Crippen molar-refractivity contribution in [1.29, 1.82) is 0 Å². The van der Waals surface area contributed by atoms with Gasteiger partial charge in [0, 0.05) is 18.4 Å². The van der Waals surface area contributed by atoms with Gasteiger partial charge < -0.3 is 9.84 Å². The van der Waals surface area contributed by atoms with E-state index in [4.69, 9.17) is 21.4 Å². The molecule has 7 heteroatoms. The molecule has 0 aliphatic heterocycles. The number of carbonyl (C=O) groups excluding carboxylic acids is 1. The Morgan fingerprint density at radius 3 is 2.44 bits per heavy atom. The second kappa shape index (κ2) is 10.0. The molecule has 0 saturated carbocycles. The van der Waals surface area contributed by atoms with Crippen molar-refractivity contribution in [3.8, 4) is 0 Å². The van der Waals surface area contributed by atoms with Crippen LogP contribution in [0.2, 0.25) is 5.15 Å². The van der Waals surface area contributed by atoms with E-state index in [0.29, 0.717) is 29.9 Å². The molecule has 0 fully saturated rings. The van der Waals surface area contributed by atoms with Crippen LogP contribution in [0.3, 0.4) is 0 Å². The van der Waals surface area contributed by atoms with Crippen LogP contribution in [0.25, 0.3) is 0 Å². The number of carboxylic acids is 1. The molecule has 27 heavy (non-hydrogen) atoms. The average molecular weight is 391 g/mol. The molecule has 0 unspecified atom stereocenters. The van der Waals surface area contributed by atoms with Gasteiger partial charge >= 0.3 is 11.9 Å². The highest BCUT2D eigenvalue weighted by Crippen LogP contribution is 2.22. The van der Waals surface area contributed by atoms with E-state index in [1.807, 2.05) is 0 Å². The van der Waals surface area contributed by atoms with Crippen molar-refractivity contribution in [2.24, 2.45) is 0 Å². The van der Waals surface area contributed by atoms with Crippen molar-refractivity contribution in [2.75, 3.05) is 6.61 Å². The summed E-state index contributed by atoms with van der Waals surface area (Å²) >= 11 is 6.35. The molecule has 144 valence electrons. The number of unbranched alkanes of at least 4 members (excludes halogenated alkanes) is 1. The number of halogens is 1. The third-order valence-corrected chi connectivity index (χ3v) is 4.35. The second-order valence-electron chi connectivity index (χ2n) is 6.12. The maximum Gasteiger partial charge on any atom is 0.335 e. The summed E-state index contributed by atoms with van der Waals surface area (Å²) in [5.74, 6) is -0.713. The lowest BCUT2D eigenvalue weighted by Gasteiger charge is -2.12. The quantitative estimate of drug-likeness (QED) is 0.516. The predicted molar refractivity (Wildman–Crippen MR) is 102 cm³/mol. The first-order valence-corrected chi connectivity index (χ1v) is 9.34. The molecule has 0 saturated heterocycles. The largest absolute Gasteiger partial charge is 0.478 e. The van der Waals surface area contributed by atoms with Gasteiger partial charge in [0.05, 0.1) is 24.3 Å². The van der Waals surface area contributed by atoms with Crippen molar-refractivity contribution in [1.82, 2.24) is 9.97 Å². The summed E-state index contributed by atoms with van der Waals surface area (Å²) in [5.41, 5.74) is 2.31. The lowest BCUT2D eigenvalue weighted by atomic mass is 10.0. The van der Waals surface area contributed by atoms with E-state index in [1.54, 1.807) is 31.2 Å². The third kappa shape index (κ3) is 6.03. The Kier molecular flexibility index (Phi) is 7.73. The number of benzene rings is 1. The highest BCUT2D eigenvalue weighted by atomic mass is 35.5. The summed E-state index contributed by atoms with van der Waals surface area (Å²) in [6.07, 6.45) is 3.10. The van der Waals surface area contributed by atoms with Gasteiger partial charge in [-0.05, 0) is 31.0 Å². The van der Waals surface area contributed by atoms with Gasteiger partial charge in [0.1, 0.15) is 11.0 Å². The predicted octanol–water partition coefficient (Wildman–Crippen LogP) is 3.87. The van der Waals surface area contributed by atoms with Crippen LogP contribution in [0.1, 0.15) is 59.7 Å². The number of aromatic nitrogens is 2. The minimum atomic E-state index is -0.975. The molecule has 6 nitrogen and oxygen atoms in total. The summed E-state index contributed by atoms with van der Waals surface area (Å²) in [6.45, 7) is 4.12. The number of nitrogens with zero attached hydrogens (tertiary/aromatic N) is 2. The molecule has 0 radical (unpaired) electrons. The number of aryl methyl sites for hydroxylation is 1. The highest BCUT2D eigenvalue weighted by molar-refractivity contribution is 6.30. The molecular weight excluding hydrogens is 368 g/mol. The Morgan fingerprint density at radius 2 is 1.85 bits per heavy atom. The zero-order valence-electron chi connectivity index (χ0n) is 15.5. The topological polar surface area (TPSA) is 89.4 Å². The van der Waals surface area contributed by atoms with Crippen molar-refractivity contribution in [3.63, 3.8) is 0 Å². The van der Waals surface area contributed by atoms with Crippen molar-refractivity contribution in [2.45, 2.75) is 46.0 Å². The highest BCUT2D eigenvalue weighted by Gasteiger charge is 2.17. The lowest BCUT2D eigenvalue weighted by molar-refractivity contribution is -0.142. The minimum Gasteiger partial charge on any atom is -0.478 e. The summed E-state index contributed by atoms with van der Waals surface area (Å²) in [6, 6.07) is 6.56. The molecular formula is C20H23ClN2O4. The number of hydrogen-bond donors (Lipinski definition) is 1. The molecule has 2 rings (SSSR count). The molecule has 0 aliphatic carbocycles. The standard InChI is InChI=1S/C20H23ClN2O4/c1-3-5-6-17-22-16(11-13-7-9-14(10-8-13)20(25)26)15(19(21)23-17)12-18(24)27-4-2/h7-10H,3-6,11-12H2,1-2H3,(H,25,26). The Labute approximate surface area is 163 Å². The Hall–Kier alpha value is -2.47.